The second kappa shape index (κ2) is 5.74. The third kappa shape index (κ3) is 2.55. The fourth-order valence-electron chi connectivity index (χ4n) is 3.37. The molecule has 1 N–H and O–H groups in total. The van der Waals surface area contributed by atoms with Gasteiger partial charge in [-0.3, -0.25) is 4.79 Å². The first kappa shape index (κ1) is 14.9. The number of rotatable bonds is 2. The molecule has 0 saturated carbocycles. The maximum absolute atomic E-state index is 12.7. The van der Waals surface area contributed by atoms with E-state index in [0.717, 1.165) is 36.2 Å². The first-order chi connectivity index (χ1) is 11.6. The molecule has 1 saturated heterocycles. The molecule has 1 amide bonds. The molecular formula is C17H20N6O. The summed E-state index contributed by atoms with van der Waals surface area (Å²) in [6, 6.07) is 6.22. The molecule has 3 aromatic rings. The zero-order valence-corrected chi connectivity index (χ0v) is 13.9. The summed E-state index contributed by atoms with van der Waals surface area (Å²) in [4.78, 5) is 22.7. The van der Waals surface area contributed by atoms with Crippen LogP contribution in [0, 0.1) is 6.92 Å². The fourth-order valence-corrected chi connectivity index (χ4v) is 3.37. The number of amides is 1. The Labute approximate surface area is 139 Å². The minimum atomic E-state index is -0.0147. The lowest BCUT2D eigenvalue weighted by molar-refractivity contribution is 0.0693. The number of benzene rings is 1. The Morgan fingerprint density at radius 3 is 3.04 bits per heavy atom. The Bertz CT molecular complexity index is 896. The van der Waals surface area contributed by atoms with Crippen molar-refractivity contribution >= 4 is 16.9 Å². The van der Waals surface area contributed by atoms with Crippen LogP contribution in [0.5, 0.6) is 0 Å². The number of nitrogens with zero attached hydrogens (tertiary/aromatic N) is 5. The Hall–Kier alpha value is -2.70. The number of nitrogens with one attached hydrogen (secondary N) is 1. The maximum atomic E-state index is 12.7. The van der Waals surface area contributed by atoms with Crippen LogP contribution >= 0.6 is 0 Å². The summed E-state index contributed by atoms with van der Waals surface area (Å²) < 4.78 is 1.52. The molecule has 1 aliphatic rings. The number of H-pyrrole nitrogens is 1. The van der Waals surface area contributed by atoms with E-state index in [1.807, 2.05) is 11.0 Å². The number of imidazole rings is 1. The zero-order chi connectivity index (χ0) is 16.7. The van der Waals surface area contributed by atoms with Crippen molar-refractivity contribution in [3.63, 3.8) is 0 Å². The van der Waals surface area contributed by atoms with Crippen LogP contribution in [0.1, 0.15) is 40.6 Å². The minimum absolute atomic E-state index is 0.0147. The summed E-state index contributed by atoms with van der Waals surface area (Å²) in [7, 11) is 1.74. The van der Waals surface area contributed by atoms with E-state index in [2.05, 4.69) is 34.4 Å². The topological polar surface area (TPSA) is 79.7 Å². The summed E-state index contributed by atoms with van der Waals surface area (Å²) in [5.41, 5.74) is 3.77. The van der Waals surface area contributed by atoms with Gasteiger partial charge in [-0.05, 0) is 37.5 Å². The monoisotopic (exact) mass is 324 g/mol. The molecule has 0 aliphatic carbocycles. The van der Waals surface area contributed by atoms with E-state index < -0.39 is 0 Å². The fraction of sp³-hybridized carbons (Fsp3) is 0.412. The number of likely N-dealkylation sites (tertiary alicyclic amines) is 1. The molecule has 2 aromatic heterocycles. The van der Waals surface area contributed by atoms with Crippen LogP contribution < -0.4 is 0 Å². The number of piperidine rings is 1. The van der Waals surface area contributed by atoms with Gasteiger partial charge in [0.1, 0.15) is 11.5 Å². The standard InChI is InChI=1S/C17H20N6O/c1-11-5-6-13-14(8-11)20-16(19-13)12-4-3-7-23(10-12)17(24)15-9-18-21-22(15)2/h5-6,8-9,12H,3-4,7,10H2,1-2H3,(H,19,20)/t12-/m0/s1. The molecule has 24 heavy (non-hydrogen) atoms. The molecule has 7 heteroatoms. The highest BCUT2D eigenvalue weighted by atomic mass is 16.2. The Kier molecular flexibility index (Phi) is 3.55. The second-order valence-corrected chi connectivity index (χ2v) is 6.48. The summed E-state index contributed by atoms with van der Waals surface area (Å²) in [6.45, 7) is 3.51. The van der Waals surface area contributed by atoms with E-state index in [1.165, 1.54) is 16.4 Å². The third-order valence-electron chi connectivity index (χ3n) is 4.68. The number of fused-ring (bicyclic) bond motifs is 1. The van der Waals surface area contributed by atoms with Gasteiger partial charge in [0.05, 0.1) is 17.2 Å². The maximum Gasteiger partial charge on any atom is 0.273 e. The van der Waals surface area contributed by atoms with E-state index >= 15 is 0 Å². The van der Waals surface area contributed by atoms with E-state index in [-0.39, 0.29) is 11.8 Å². The number of carbonyl (C=O) groups is 1. The predicted molar refractivity (Wildman–Crippen MR) is 89.7 cm³/mol. The van der Waals surface area contributed by atoms with Crippen molar-refractivity contribution in [2.75, 3.05) is 13.1 Å². The third-order valence-corrected chi connectivity index (χ3v) is 4.68. The molecule has 1 aliphatic heterocycles. The van der Waals surface area contributed by atoms with Gasteiger partial charge in [-0.15, -0.1) is 5.10 Å². The van der Waals surface area contributed by atoms with Gasteiger partial charge in [0.15, 0.2) is 0 Å². The number of hydrogen-bond donors (Lipinski definition) is 1. The minimum Gasteiger partial charge on any atom is -0.342 e. The number of aryl methyl sites for hydroxylation is 2. The number of hydrogen-bond acceptors (Lipinski definition) is 4. The van der Waals surface area contributed by atoms with Crippen LogP contribution in [0.3, 0.4) is 0 Å². The Morgan fingerprint density at radius 1 is 1.38 bits per heavy atom. The van der Waals surface area contributed by atoms with Crippen LogP contribution in [0.15, 0.2) is 24.4 Å². The molecule has 1 fully saturated rings. The van der Waals surface area contributed by atoms with Gasteiger partial charge in [-0.25, -0.2) is 9.67 Å². The molecule has 4 rings (SSSR count). The number of carbonyl (C=O) groups excluding carboxylic acids is 1. The van der Waals surface area contributed by atoms with Crippen molar-refractivity contribution in [3.8, 4) is 0 Å². The molecule has 0 radical (unpaired) electrons. The highest BCUT2D eigenvalue weighted by Crippen LogP contribution is 2.27. The molecule has 0 unspecified atom stereocenters. The number of aromatic amines is 1. The second-order valence-electron chi connectivity index (χ2n) is 6.48. The highest BCUT2D eigenvalue weighted by Gasteiger charge is 2.28. The van der Waals surface area contributed by atoms with Gasteiger partial charge in [-0.1, -0.05) is 11.3 Å². The lowest BCUT2D eigenvalue weighted by atomic mass is 9.97. The first-order valence-electron chi connectivity index (χ1n) is 8.22. The van der Waals surface area contributed by atoms with Gasteiger partial charge >= 0.3 is 0 Å². The predicted octanol–water partition coefficient (Wildman–Crippen LogP) is 2.02. The summed E-state index contributed by atoms with van der Waals surface area (Å²) in [5, 5.41) is 7.65. The molecule has 0 spiro atoms. The van der Waals surface area contributed by atoms with Crippen LogP contribution in [-0.4, -0.2) is 48.9 Å². The highest BCUT2D eigenvalue weighted by molar-refractivity contribution is 5.92. The average molecular weight is 324 g/mol. The summed E-state index contributed by atoms with van der Waals surface area (Å²) >= 11 is 0. The van der Waals surface area contributed by atoms with E-state index in [9.17, 15) is 4.79 Å². The largest absolute Gasteiger partial charge is 0.342 e. The normalized spacial score (nSPS) is 18.2. The zero-order valence-electron chi connectivity index (χ0n) is 13.9. The number of aromatic nitrogens is 5. The van der Waals surface area contributed by atoms with Crippen LogP contribution in [0.25, 0.3) is 11.0 Å². The first-order valence-corrected chi connectivity index (χ1v) is 8.22. The van der Waals surface area contributed by atoms with Crippen molar-refractivity contribution in [2.45, 2.75) is 25.7 Å². The molecule has 3 heterocycles. The van der Waals surface area contributed by atoms with Gasteiger partial charge < -0.3 is 9.88 Å². The van der Waals surface area contributed by atoms with E-state index in [0.29, 0.717) is 12.2 Å². The van der Waals surface area contributed by atoms with E-state index in [1.54, 1.807) is 7.05 Å². The molecular weight excluding hydrogens is 304 g/mol. The molecule has 1 atom stereocenters. The summed E-state index contributed by atoms with van der Waals surface area (Å²) in [6.07, 6.45) is 3.53. The molecule has 124 valence electrons. The molecule has 1 aromatic carbocycles. The lowest BCUT2D eigenvalue weighted by Gasteiger charge is -2.31. The van der Waals surface area contributed by atoms with Crippen molar-refractivity contribution in [2.24, 2.45) is 7.05 Å². The van der Waals surface area contributed by atoms with Gasteiger partial charge in [0, 0.05) is 26.1 Å². The Morgan fingerprint density at radius 2 is 2.25 bits per heavy atom. The average Bonchev–Trinajstić information content (AvgIpc) is 3.20. The van der Waals surface area contributed by atoms with Crippen LogP contribution in [0.4, 0.5) is 0 Å². The summed E-state index contributed by atoms with van der Waals surface area (Å²) in [5.74, 6) is 1.19. The van der Waals surface area contributed by atoms with Gasteiger partial charge in [0.2, 0.25) is 0 Å². The lowest BCUT2D eigenvalue weighted by Crippen LogP contribution is -2.40. The van der Waals surface area contributed by atoms with Crippen molar-refractivity contribution < 1.29 is 4.79 Å². The quantitative estimate of drug-likeness (QED) is 0.782. The Balaban J connectivity index is 1.57. The van der Waals surface area contributed by atoms with Crippen molar-refractivity contribution in [3.05, 3.63) is 41.5 Å². The van der Waals surface area contributed by atoms with Crippen LogP contribution in [0.2, 0.25) is 0 Å². The van der Waals surface area contributed by atoms with Crippen molar-refractivity contribution in [1.82, 2.24) is 29.9 Å². The molecule has 7 nitrogen and oxygen atoms in total. The van der Waals surface area contributed by atoms with Gasteiger partial charge in [-0.2, -0.15) is 0 Å². The SMILES string of the molecule is Cc1ccc2nc([C@H]3CCCN(C(=O)c4cnnn4C)C3)[nH]c2c1. The van der Waals surface area contributed by atoms with Crippen LogP contribution in [-0.2, 0) is 7.05 Å². The van der Waals surface area contributed by atoms with Crippen molar-refractivity contribution in [1.29, 1.82) is 0 Å². The van der Waals surface area contributed by atoms with E-state index in [4.69, 9.17) is 4.98 Å². The smallest absolute Gasteiger partial charge is 0.273 e. The van der Waals surface area contributed by atoms with Gasteiger partial charge in [0.25, 0.3) is 5.91 Å². The molecule has 0 bridgehead atoms.